The van der Waals surface area contributed by atoms with Gasteiger partial charge in [0.15, 0.2) is 6.10 Å². The monoisotopic (exact) mass is 231 g/mol. The first-order chi connectivity index (χ1) is 8.08. The Morgan fingerprint density at radius 3 is 2.76 bits per heavy atom. The number of hydrogen-bond donors (Lipinski definition) is 0. The lowest BCUT2D eigenvalue weighted by atomic mass is 10.0. The Balaban J connectivity index is 3.08. The van der Waals surface area contributed by atoms with Gasteiger partial charge in [-0.2, -0.15) is 5.26 Å². The van der Waals surface area contributed by atoms with Crippen LogP contribution >= 0.6 is 0 Å². The van der Waals surface area contributed by atoms with Gasteiger partial charge in [-0.05, 0) is 12.1 Å². The van der Waals surface area contributed by atoms with Crippen molar-refractivity contribution in [2.45, 2.75) is 13.0 Å². The molecule has 4 heteroatoms. The summed E-state index contributed by atoms with van der Waals surface area (Å²) in [5, 5.41) is 8.83. The van der Waals surface area contributed by atoms with Crippen molar-refractivity contribution < 1.29 is 14.3 Å². The Hall–Kier alpha value is -2.28. The van der Waals surface area contributed by atoms with Crippen LogP contribution < -0.4 is 4.74 Å². The molecule has 0 aliphatic carbocycles. The Bertz CT molecular complexity index is 474. The molecule has 0 aliphatic rings. The summed E-state index contributed by atoms with van der Waals surface area (Å²) in [6, 6.07) is 8.87. The van der Waals surface area contributed by atoms with Crippen LogP contribution in [0.4, 0.5) is 0 Å². The van der Waals surface area contributed by atoms with Gasteiger partial charge < -0.3 is 9.47 Å². The molecule has 0 aliphatic heterocycles. The Morgan fingerprint density at radius 2 is 2.24 bits per heavy atom. The first kappa shape index (κ1) is 12.8. The van der Waals surface area contributed by atoms with E-state index in [0.29, 0.717) is 11.3 Å². The van der Waals surface area contributed by atoms with Crippen molar-refractivity contribution in [3.8, 4) is 11.8 Å². The van der Waals surface area contributed by atoms with Gasteiger partial charge in [0.25, 0.3) is 0 Å². The van der Waals surface area contributed by atoms with Crippen LogP contribution in [-0.2, 0) is 9.53 Å². The smallest absolute Gasteiger partial charge is 0.303 e. The highest BCUT2D eigenvalue weighted by Crippen LogP contribution is 2.27. The fourth-order valence-electron chi connectivity index (χ4n) is 1.37. The zero-order valence-corrected chi connectivity index (χ0v) is 9.77. The first-order valence-electron chi connectivity index (χ1n) is 4.98. The summed E-state index contributed by atoms with van der Waals surface area (Å²) in [5.74, 6) is 0.166. The molecule has 0 heterocycles. The number of benzene rings is 1. The van der Waals surface area contributed by atoms with Crippen LogP contribution in [0, 0.1) is 11.3 Å². The third kappa shape index (κ3) is 3.35. The quantitative estimate of drug-likeness (QED) is 0.589. The van der Waals surface area contributed by atoms with Crippen LogP contribution in [0.2, 0.25) is 0 Å². The molecule has 0 N–H and O–H groups in total. The van der Waals surface area contributed by atoms with Crippen LogP contribution in [-0.4, -0.2) is 13.1 Å². The Labute approximate surface area is 100 Å². The van der Waals surface area contributed by atoms with Crippen LogP contribution in [0.3, 0.4) is 0 Å². The fourth-order valence-corrected chi connectivity index (χ4v) is 1.37. The van der Waals surface area contributed by atoms with E-state index < -0.39 is 12.1 Å². The number of carbonyl (C=O) groups is 1. The standard InChI is InChI=1S/C13H13NO3/c1-9(8-14)13(17-10(2)15)11-5-4-6-12(7-11)16-3/h4-7,13H,1H2,2-3H3. The number of esters is 1. The highest BCUT2D eigenvalue weighted by molar-refractivity contribution is 5.67. The fraction of sp³-hybridized carbons (Fsp3) is 0.231. The predicted molar refractivity (Wildman–Crippen MR) is 62.3 cm³/mol. The minimum Gasteiger partial charge on any atom is -0.497 e. The molecule has 0 spiro atoms. The van der Waals surface area contributed by atoms with Gasteiger partial charge in [-0.1, -0.05) is 18.7 Å². The average Bonchev–Trinajstić information content (AvgIpc) is 2.35. The summed E-state index contributed by atoms with van der Waals surface area (Å²) < 4.78 is 10.1. The zero-order chi connectivity index (χ0) is 12.8. The normalized spacial score (nSPS) is 11.1. The van der Waals surface area contributed by atoms with E-state index in [-0.39, 0.29) is 5.57 Å². The van der Waals surface area contributed by atoms with Gasteiger partial charge in [0.1, 0.15) is 5.75 Å². The van der Waals surface area contributed by atoms with Gasteiger partial charge in [-0.3, -0.25) is 4.79 Å². The zero-order valence-electron chi connectivity index (χ0n) is 9.77. The van der Waals surface area contributed by atoms with E-state index in [1.807, 2.05) is 6.07 Å². The van der Waals surface area contributed by atoms with Gasteiger partial charge in [-0.25, -0.2) is 0 Å². The number of methoxy groups -OCH3 is 1. The second-order valence-corrected chi connectivity index (χ2v) is 3.40. The number of hydrogen-bond acceptors (Lipinski definition) is 4. The molecule has 1 aromatic carbocycles. The summed E-state index contributed by atoms with van der Waals surface area (Å²) in [4.78, 5) is 11.0. The molecule has 1 aromatic rings. The van der Waals surface area contributed by atoms with Gasteiger partial charge in [0.2, 0.25) is 0 Å². The number of ether oxygens (including phenoxy) is 2. The van der Waals surface area contributed by atoms with Crippen LogP contribution in [0.5, 0.6) is 5.75 Å². The summed E-state index contributed by atoms with van der Waals surface area (Å²) in [7, 11) is 1.54. The SMILES string of the molecule is C=C(C#N)C(OC(C)=O)c1cccc(OC)c1. The van der Waals surface area contributed by atoms with E-state index >= 15 is 0 Å². The van der Waals surface area contributed by atoms with E-state index in [9.17, 15) is 4.79 Å². The second kappa shape index (κ2) is 5.71. The minimum atomic E-state index is -0.757. The molecule has 1 unspecified atom stereocenters. The molecule has 0 aromatic heterocycles. The van der Waals surface area contributed by atoms with Crippen LogP contribution in [0.1, 0.15) is 18.6 Å². The van der Waals surface area contributed by atoms with Crippen molar-refractivity contribution in [1.82, 2.24) is 0 Å². The van der Waals surface area contributed by atoms with E-state index in [1.54, 1.807) is 31.4 Å². The third-order valence-corrected chi connectivity index (χ3v) is 2.14. The van der Waals surface area contributed by atoms with Gasteiger partial charge in [-0.15, -0.1) is 0 Å². The molecule has 0 saturated heterocycles. The van der Waals surface area contributed by atoms with Crippen molar-refractivity contribution in [2.75, 3.05) is 7.11 Å². The molecule has 4 nitrogen and oxygen atoms in total. The molecule has 0 bridgehead atoms. The van der Waals surface area contributed by atoms with Crippen molar-refractivity contribution in [1.29, 1.82) is 5.26 Å². The highest BCUT2D eigenvalue weighted by atomic mass is 16.5. The molecule has 1 atom stereocenters. The maximum atomic E-state index is 11.0. The van der Waals surface area contributed by atoms with E-state index in [0.717, 1.165) is 0 Å². The molecule has 0 fully saturated rings. The second-order valence-electron chi connectivity index (χ2n) is 3.40. The maximum absolute atomic E-state index is 11.0. The van der Waals surface area contributed by atoms with Crippen molar-refractivity contribution in [3.63, 3.8) is 0 Å². The molecule has 0 radical (unpaired) electrons. The number of nitriles is 1. The van der Waals surface area contributed by atoms with Gasteiger partial charge >= 0.3 is 5.97 Å². The lowest BCUT2D eigenvalue weighted by Gasteiger charge is -2.16. The molecule has 0 amide bonds. The first-order valence-corrected chi connectivity index (χ1v) is 4.98. The average molecular weight is 231 g/mol. The van der Waals surface area contributed by atoms with Gasteiger partial charge in [0, 0.05) is 12.5 Å². The molecular formula is C13H13NO3. The molecule has 1 rings (SSSR count). The summed E-state index contributed by atoms with van der Waals surface area (Å²) in [6.45, 7) is 4.87. The number of nitrogens with zero attached hydrogens (tertiary/aromatic N) is 1. The third-order valence-electron chi connectivity index (χ3n) is 2.14. The molecule has 17 heavy (non-hydrogen) atoms. The lowest BCUT2D eigenvalue weighted by molar-refractivity contribution is -0.144. The Kier molecular flexibility index (Phi) is 4.29. The number of carbonyl (C=O) groups excluding carboxylic acids is 1. The van der Waals surface area contributed by atoms with Crippen LogP contribution in [0.25, 0.3) is 0 Å². The maximum Gasteiger partial charge on any atom is 0.303 e. The van der Waals surface area contributed by atoms with E-state index in [1.165, 1.54) is 6.92 Å². The molecule has 88 valence electrons. The van der Waals surface area contributed by atoms with Crippen molar-refractivity contribution >= 4 is 5.97 Å². The Morgan fingerprint density at radius 1 is 1.53 bits per heavy atom. The topological polar surface area (TPSA) is 59.3 Å². The van der Waals surface area contributed by atoms with Crippen LogP contribution in [0.15, 0.2) is 36.4 Å². The predicted octanol–water partition coefficient (Wildman–Crippen LogP) is 2.38. The summed E-state index contributed by atoms with van der Waals surface area (Å²) in [6.07, 6.45) is -0.757. The summed E-state index contributed by atoms with van der Waals surface area (Å²) >= 11 is 0. The molecular weight excluding hydrogens is 218 g/mol. The molecule has 0 saturated carbocycles. The lowest BCUT2D eigenvalue weighted by Crippen LogP contribution is -2.10. The van der Waals surface area contributed by atoms with E-state index in [4.69, 9.17) is 14.7 Å². The largest absolute Gasteiger partial charge is 0.497 e. The number of rotatable bonds is 4. The highest BCUT2D eigenvalue weighted by Gasteiger charge is 2.18. The van der Waals surface area contributed by atoms with E-state index in [2.05, 4.69) is 6.58 Å². The van der Waals surface area contributed by atoms with Crippen molar-refractivity contribution in [3.05, 3.63) is 42.0 Å². The van der Waals surface area contributed by atoms with Crippen molar-refractivity contribution in [2.24, 2.45) is 0 Å². The van der Waals surface area contributed by atoms with Gasteiger partial charge in [0.05, 0.1) is 18.8 Å². The minimum absolute atomic E-state index is 0.174. The summed E-state index contributed by atoms with van der Waals surface area (Å²) in [5.41, 5.74) is 0.833.